The van der Waals surface area contributed by atoms with Gasteiger partial charge in [-0.3, -0.25) is 0 Å². The molecule has 1 aromatic heterocycles. The van der Waals surface area contributed by atoms with Crippen LogP contribution in [0.3, 0.4) is 0 Å². The molecule has 8 nitrogen and oxygen atoms in total. The van der Waals surface area contributed by atoms with Gasteiger partial charge in [0.05, 0.1) is 19.4 Å². The molecule has 2 aromatic carbocycles. The van der Waals surface area contributed by atoms with E-state index in [4.69, 9.17) is 9.47 Å². The SMILES string of the molecule is CCOc1ccc(Br)cc1S(=O)(=O)N1CCN(c2ccc(-c3ccc(OC)cc3)nn2)CC1. The third kappa shape index (κ3) is 5.13. The number of methoxy groups -OCH3 is 1. The normalized spacial score (nSPS) is 14.8. The van der Waals surface area contributed by atoms with Crippen molar-refractivity contribution in [3.8, 4) is 22.8 Å². The van der Waals surface area contributed by atoms with E-state index in [2.05, 4.69) is 26.1 Å². The number of rotatable bonds is 7. The summed E-state index contributed by atoms with van der Waals surface area (Å²) in [4.78, 5) is 2.22. The zero-order valence-corrected chi connectivity index (χ0v) is 20.8. The molecule has 0 spiro atoms. The zero-order chi connectivity index (χ0) is 23.4. The summed E-state index contributed by atoms with van der Waals surface area (Å²) in [6.45, 7) is 3.97. The van der Waals surface area contributed by atoms with E-state index in [9.17, 15) is 8.42 Å². The van der Waals surface area contributed by atoms with Gasteiger partial charge < -0.3 is 14.4 Å². The number of nitrogens with zero attached hydrogens (tertiary/aromatic N) is 4. The Morgan fingerprint density at radius 1 is 0.970 bits per heavy atom. The molecule has 10 heteroatoms. The lowest BCUT2D eigenvalue weighted by Gasteiger charge is -2.34. The zero-order valence-electron chi connectivity index (χ0n) is 18.4. The maximum Gasteiger partial charge on any atom is 0.246 e. The van der Waals surface area contributed by atoms with Gasteiger partial charge >= 0.3 is 0 Å². The first-order valence-corrected chi connectivity index (χ1v) is 12.8. The predicted molar refractivity (Wildman–Crippen MR) is 130 cm³/mol. The second-order valence-electron chi connectivity index (χ2n) is 7.42. The minimum Gasteiger partial charge on any atom is -0.497 e. The van der Waals surface area contributed by atoms with E-state index < -0.39 is 10.0 Å². The van der Waals surface area contributed by atoms with Crippen molar-refractivity contribution in [2.24, 2.45) is 0 Å². The maximum atomic E-state index is 13.3. The summed E-state index contributed by atoms with van der Waals surface area (Å²) in [5, 5.41) is 8.72. The van der Waals surface area contributed by atoms with Crippen LogP contribution in [-0.2, 0) is 10.0 Å². The van der Waals surface area contributed by atoms with Crippen LogP contribution in [0.15, 0.2) is 64.0 Å². The number of sulfonamides is 1. The number of hydrogen-bond acceptors (Lipinski definition) is 7. The Morgan fingerprint density at radius 2 is 1.70 bits per heavy atom. The van der Waals surface area contributed by atoms with Crippen molar-refractivity contribution in [2.75, 3.05) is 44.8 Å². The van der Waals surface area contributed by atoms with Crippen LogP contribution in [0.5, 0.6) is 11.5 Å². The molecule has 0 unspecified atom stereocenters. The number of anilines is 1. The first-order chi connectivity index (χ1) is 15.9. The van der Waals surface area contributed by atoms with Crippen molar-refractivity contribution in [3.05, 3.63) is 59.1 Å². The third-order valence-electron chi connectivity index (χ3n) is 5.42. The molecular formula is C23H25BrN4O4S. The second kappa shape index (κ2) is 10.1. The lowest BCUT2D eigenvalue weighted by Crippen LogP contribution is -2.49. The number of piperazine rings is 1. The second-order valence-corrected chi connectivity index (χ2v) is 10.2. The average molecular weight is 533 g/mol. The average Bonchev–Trinajstić information content (AvgIpc) is 2.85. The molecule has 0 aliphatic carbocycles. The van der Waals surface area contributed by atoms with Gasteiger partial charge in [-0.15, -0.1) is 10.2 Å². The van der Waals surface area contributed by atoms with Crippen LogP contribution in [0, 0.1) is 0 Å². The molecule has 1 aliphatic rings. The molecule has 174 valence electrons. The van der Waals surface area contributed by atoms with Crippen LogP contribution < -0.4 is 14.4 Å². The van der Waals surface area contributed by atoms with E-state index in [0.29, 0.717) is 43.0 Å². The highest BCUT2D eigenvalue weighted by molar-refractivity contribution is 9.10. The summed E-state index contributed by atoms with van der Waals surface area (Å²) in [5.74, 6) is 1.87. The number of ether oxygens (including phenoxy) is 2. The Morgan fingerprint density at radius 3 is 2.30 bits per heavy atom. The summed E-state index contributed by atoms with van der Waals surface area (Å²) < 4.78 is 39.5. The fourth-order valence-electron chi connectivity index (χ4n) is 3.66. The lowest BCUT2D eigenvalue weighted by atomic mass is 10.1. The van der Waals surface area contributed by atoms with Crippen LogP contribution in [-0.4, -0.2) is 62.8 Å². The van der Waals surface area contributed by atoms with Gasteiger partial charge in [-0.25, -0.2) is 8.42 Å². The number of hydrogen-bond donors (Lipinski definition) is 0. The van der Waals surface area contributed by atoms with Crippen LogP contribution in [0.25, 0.3) is 11.3 Å². The van der Waals surface area contributed by atoms with Crippen molar-refractivity contribution in [3.63, 3.8) is 0 Å². The summed E-state index contributed by atoms with van der Waals surface area (Å²) in [6, 6.07) is 16.5. The van der Waals surface area contributed by atoms with Crippen molar-refractivity contribution in [1.29, 1.82) is 0 Å². The van der Waals surface area contributed by atoms with Gasteiger partial charge in [0.2, 0.25) is 10.0 Å². The highest BCUT2D eigenvalue weighted by Gasteiger charge is 2.31. The monoisotopic (exact) mass is 532 g/mol. The van der Waals surface area contributed by atoms with Gasteiger partial charge in [-0.1, -0.05) is 15.9 Å². The topological polar surface area (TPSA) is 84.9 Å². The molecule has 0 amide bonds. The van der Waals surface area contributed by atoms with Crippen molar-refractivity contribution in [2.45, 2.75) is 11.8 Å². The number of benzene rings is 2. The molecule has 0 bridgehead atoms. The van der Waals surface area contributed by atoms with Gasteiger partial charge in [-0.2, -0.15) is 4.31 Å². The van der Waals surface area contributed by atoms with Crippen LogP contribution in [0.2, 0.25) is 0 Å². The van der Waals surface area contributed by atoms with Crippen LogP contribution in [0.4, 0.5) is 5.82 Å². The van der Waals surface area contributed by atoms with E-state index in [1.54, 1.807) is 25.3 Å². The minimum absolute atomic E-state index is 0.177. The Hall–Kier alpha value is -2.69. The van der Waals surface area contributed by atoms with E-state index >= 15 is 0 Å². The Balaban J connectivity index is 1.45. The van der Waals surface area contributed by atoms with Crippen LogP contribution >= 0.6 is 15.9 Å². The molecule has 4 rings (SSSR count). The molecule has 0 atom stereocenters. The molecule has 1 fully saturated rings. The molecular weight excluding hydrogens is 508 g/mol. The van der Waals surface area contributed by atoms with E-state index in [-0.39, 0.29) is 4.90 Å². The fraction of sp³-hybridized carbons (Fsp3) is 0.304. The molecule has 1 aliphatic heterocycles. The Kier molecular flexibility index (Phi) is 7.16. The minimum atomic E-state index is -3.69. The van der Waals surface area contributed by atoms with Gasteiger partial charge in [-0.05, 0) is 61.5 Å². The van der Waals surface area contributed by atoms with Gasteiger partial charge in [0.25, 0.3) is 0 Å². The lowest BCUT2D eigenvalue weighted by molar-refractivity contribution is 0.327. The fourth-order valence-corrected chi connectivity index (χ4v) is 5.76. The number of aromatic nitrogens is 2. The molecule has 1 saturated heterocycles. The summed E-state index contributed by atoms with van der Waals surface area (Å²) >= 11 is 3.37. The number of halogens is 1. The van der Waals surface area contributed by atoms with Gasteiger partial charge in [0, 0.05) is 36.2 Å². The highest BCUT2D eigenvalue weighted by Crippen LogP contribution is 2.31. The predicted octanol–water partition coefficient (Wildman–Crippen LogP) is 3.82. The van der Waals surface area contributed by atoms with E-state index in [1.165, 1.54) is 4.31 Å². The van der Waals surface area contributed by atoms with E-state index in [0.717, 1.165) is 22.8 Å². The summed E-state index contributed by atoms with van der Waals surface area (Å²) in [6.07, 6.45) is 0. The largest absolute Gasteiger partial charge is 0.497 e. The molecule has 2 heterocycles. The van der Waals surface area contributed by atoms with Crippen molar-refractivity contribution < 1.29 is 17.9 Å². The van der Waals surface area contributed by atoms with Gasteiger partial charge in [0.15, 0.2) is 5.82 Å². The molecule has 0 N–H and O–H groups in total. The highest BCUT2D eigenvalue weighted by atomic mass is 79.9. The molecule has 0 radical (unpaired) electrons. The first kappa shape index (κ1) is 23.5. The summed E-state index contributed by atoms with van der Waals surface area (Å²) in [7, 11) is -2.06. The van der Waals surface area contributed by atoms with Gasteiger partial charge in [0.1, 0.15) is 16.4 Å². The smallest absolute Gasteiger partial charge is 0.246 e. The van der Waals surface area contributed by atoms with Crippen molar-refractivity contribution >= 4 is 31.8 Å². The Labute approximate surface area is 202 Å². The Bertz CT molecular complexity index is 1200. The van der Waals surface area contributed by atoms with Crippen LogP contribution in [0.1, 0.15) is 6.92 Å². The standard InChI is InChI=1S/C23H25BrN4O4S/c1-3-32-21-10-6-18(24)16-22(21)33(29,30)28-14-12-27(13-15-28)23-11-9-20(25-26-23)17-4-7-19(31-2)8-5-17/h4-11,16H,3,12-15H2,1-2H3. The quantitative estimate of drug-likeness (QED) is 0.457. The van der Waals surface area contributed by atoms with Crippen molar-refractivity contribution in [1.82, 2.24) is 14.5 Å². The maximum absolute atomic E-state index is 13.3. The molecule has 33 heavy (non-hydrogen) atoms. The van der Waals surface area contributed by atoms with E-state index in [1.807, 2.05) is 48.2 Å². The molecule has 0 saturated carbocycles. The third-order valence-corrected chi connectivity index (χ3v) is 7.84. The first-order valence-electron chi connectivity index (χ1n) is 10.6. The molecule has 3 aromatic rings. The summed E-state index contributed by atoms with van der Waals surface area (Å²) in [5.41, 5.74) is 1.71.